The summed E-state index contributed by atoms with van der Waals surface area (Å²) in [5, 5.41) is 8.15. The van der Waals surface area contributed by atoms with E-state index in [9.17, 15) is 0 Å². The molecule has 3 N–H and O–H groups in total. The molecule has 0 aromatic carbocycles. The van der Waals surface area contributed by atoms with Crippen LogP contribution in [0.3, 0.4) is 0 Å². The van der Waals surface area contributed by atoms with Gasteiger partial charge in [-0.05, 0) is 25.1 Å². The third-order valence-corrected chi connectivity index (χ3v) is 4.28. The van der Waals surface area contributed by atoms with Crippen molar-refractivity contribution < 1.29 is 0 Å². The molecule has 4 heterocycles. The fourth-order valence-electron chi connectivity index (χ4n) is 2.67. The Morgan fingerprint density at radius 1 is 1.15 bits per heavy atom. The minimum absolute atomic E-state index is 0.172. The van der Waals surface area contributed by atoms with Gasteiger partial charge in [0.15, 0.2) is 16.6 Å². The monoisotopic (exact) mass is 366 g/mol. The van der Waals surface area contributed by atoms with Gasteiger partial charge in [-0.2, -0.15) is 5.10 Å². The molecule has 130 valence electrons. The van der Waals surface area contributed by atoms with Gasteiger partial charge in [0.2, 0.25) is 0 Å². The molecule has 0 aliphatic heterocycles. The number of pyridine rings is 1. The summed E-state index contributed by atoms with van der Waals surface area (Å²) in [6.07, 6.45) is 6.60. The van der Waals surface area contributed by atoms with Crippen molar-refractivity contribution in [3.8, 4) is 11.4 Å². The van der Waals surface area contributed by atoms with Crippen molar-refractivity contribution in [3.05, 3.63) is 59.9 Å². The van der Waals surface area contributed by atoms with E-state index in [-0.39, 0.29) is 11.2 Å². The molecule has 0 saturated heterocycles. The second kappa shape index (κ2) is 6.57. The number of anilines is 2. The van der Waals surface area contributed by atoms with Crippen LogP contribution in [-0.2, 0) is 0 Å². The van der Waals surface area contributed by atoms with Crippen LogP contribution in [0.4, 0.5) is 11.5 Å². The first kappa shape index (κ1) is 16.2. The highest BCUT2D eigenvalue weighted by atomic mass is 35.5. The van der Waals surface area contributed by atoms with Gasteiger partial charge < -0.3 is 11.1 Å². The van der Waals surface area contributed by atoms with Gasteiger partial charge in [-0.1, -0.05) is 17.7 Å². The Morgan fingerprint density at radius 3 is 2.85 bits per heavy atom. The van der Waals surface area contributed by atoms with Crippen molar-refractivity contribution in [2.24, 2.45) is 0 Å². The zero-order valence-corrected chi connectivity index (χ0v) is 14.6. The maximum absolute atomic E-state index is 5.98. The number of fused-ring (bicyclic) bond motifs is 1. The summed E-state index contributed by atoms with van der Waals surface area (Å²) in [4.78, 5) is 16.8. The summed E-state index contributed by atoms with van der Waals surface area (Å²) >= 11 is 5.98. The Morgan fingerprint density at radius 2 is 2.04 bits per heavy atom. The molecule has 26 heavy (non-hydrogen) atoms. The number of nitrogens with zero attached hydrogens (tertiary/aromatic N) is 6. The van der Waals surface area contributed by atoms with Crippen LogP contribution in [-0.4, -0.2) is 29.5 Å². The topological polar surface area (TPSA) is 107 Å². The number of nitrogens with one attached hydrogen (secondary N) is 1. The van der Waals surface area contributed by atoms with E-state index in [1.165, 1.54) is 6.33 Å². The van der Waals surface area contributed by atoms with Crippen molar-refractivity contribution in [3.63, 3.8) is 0 Å². The molecule has 0 radical (unpaired) electrons. The number of aromatic nitrogens is 6. The molecule has 0 fully saturated rings. The van der Waals surface area contributed by atoms with Gasteiger partial charge in [-0.25, -0.2) is 19.5 Å². The standard InChI is InChI=1S/C17H15ClN8/c1-10(24-17-14(19)16(18)22-9-23-17)11-8-13-21-6-7-26(13)25-15(11)12-4-2-3-5-20-12/h2-10H,19H2,1H3,(H,22,23,24)/t10-/m0/s1. The maximum Gasteiger partial charge on any atom is 0.157 e. The molecule has 8 nitrogen and oxygen atoms in total. The molecule has 0 unspecified atom stereocenters. The molecular weight excluding hydrogens is 352 g/mol. The smallest absolute Gasteiger partial charge is 0.157 e. The lowest BCUT2D eigenvalue weighted by Gasteiger charge is -2.19. The average Bonchev–Trinajstić information content (AvgIpc) is 3.12. The van der Waals surface area contributed by atoms with E-state index in [1.807, 2.05) is 31.2 Å². The largest absolute Gasteiger partial charge is 0.393 e. The summed E-state index contributed by atoms with van der Waals surface area (Å²) in [7, 11) is 0. The molecule has 4 aromatic rings. The zero-order chi connectivity index (χ0) is 18.1. The zero-order valence-electron chi connectivity index (χ0n) is 13.8. The van der Waals surface area contributed by atoms with Crippen molar-refractivity contribution in [1.82, 2.24) is 29.5 Å². The first-order chi connectivity index (χ1) is 12.6. The first-order valence-corrected chi connectivity index (χ1v) is 8.29. The highest BCUT2D eigenvalue weighted by Gasteiger charge is 2.18. The average molecular weight is 367 g/mol. The first-order valence-electron chi connectivity index (χ1n) is 7.91. The van der Waals surface area contributed by atoms with E-state index in [4.69, 9.17) is 17.3 Å². The molecule has 0 saturated carbocycles. The van der Waals surface area contributed by atoms with Crippen LogP contribution in [0.2, 0.25) is 5.15 Å². The lowest BCUT2D eigenvalue weighted by molar-refractivity contribution is 0.838. The number of rotatable bonds is 4. The Hall–Kier alpha value is -3.26. The predicted octanol–water partition coefficient (Wildman–Crippen LogP) is 2.99. The number of nitrogens with two attached hydrogens (primary N) is 1. The number of halogens is 1. The minimum atomic E-state index is -0.172. The third-order valence-electron chi connectivity index (χ3n) is 3.98. The Balaban J connectivity index is 1.80. The van der Waals surface area contributed by atoms with Gasteiger partial charge in [0.25, 0.3) is 0 Å². The Labute approximate surface area is 154 Å². The van der Waals surface area contributed by atoms with Gasteiger partial charge in [0.1, 0.15) is 17.7 Å². The quantitative estimate of drug-likeness (QED) is 0.534. The molecule has 4 rings (SSSR count). The molecule has 0 amide bonds. The normalized spacial score (nSPS) is 12.2. The predicted molar refractivity (Wildman–Crippen MR) is 99.7 cm³/mol. The van der Waals surface area contributed by atoms with Crippen molar-refractivity contribution in [2.75, 3.05) is 11.1 Å². The summed E-state index contributed by atoms with van der Waals surface area (Å²) < 4.78 is 1.72. The van der Waals surface area contributed by atoms with Gasteiger partial charge in [-0.3, -0.25) is 4.98 Å². The summed E-state index contributed by atoms with van der Waals surface area (Å²) in [5.41, 5.74) is 9.43. The number of imidazole rings is 1. The van der Waals surface area contributed by atoms with Crippen molar-refractivity contribution in [2.45, 2.75) is 13.0 Å². The van der Waals surface area contributed by atoms with Gasteiger partial charge in [0.05, 0.1) is 11.7 Å². The second-order valence-electron chi connectivity index (χ2n) is 5.69. The van der Waals surface area contributed by atoms with Crippen molar-refractivity contribution in [1.29, 1.82) is 0 Å². The SMILES string of the molecule is C[C@H](Nc1ncnc(Cl)c1N)c1cc2nccn2nc1-c1ccccn1. The van der Waals surface area contributed by atoms with Crippen molar-refractivity contribution >= 4 is 28.8 Å². The molecule has 0 aliphatic rings. The van der Waals surface area contributed by atoms with E-state index in [2.05, 4.69) is 30.4 Å². The van der Waals surface area contributed by atoms with Crippen LogP contribution in [0.15, 0.2) is 49.2 Å². The third kappa shape index (κ3) is 2.91. The van der Waals surface area contributed by atoms with Crippen LogP contribution in [0, 0.1) is 0 Å². The molecule has 0 bridgehead atoms. The number of nitrogen functional groups attached to an aromatic ring is 1. The fourth-order valence-corrected chi connectivity index (χ4v) is 2.81. The highest BCUT2D eigenvalue weighted by Crippen LogP contribution is 2.30. The second-order valence-corrected chi connectivity index (χ2v) is 6.04. The molecule has 1 atom stereocenters. The van der Waals surface area contributed by atoms with Crippen LogP contribution in [0.1, 0.15) is 18.5 Å². The van der Waals surface area contributed by atoms with E-state index >= 15 is 0 Å². The molecular formula is C17H15ClN8. The molecule has 4 aromatic heterocycles. The van der Waals surface area contributed by atoms with Crippen LogP contribution in [0.25, 0.3) is 17.0 Å². The minimum Gasteiger partial charge on any atom is -0.393 e. The molecule has 9 heteroatoms. The Bertz CT molecular complexity index is 1060. The van der Waals surface area contributed by atoms with E-state index < -0.39 is 0 Å². The van der Waals surface area contributed by atoms with E-state index in [0.29, 0.717) is 11.5 Å². The summed E-state index contributed by atoms with van der Waals surface area (Å²) in [6.45, 7) is 1.98. The highest BCUT2D eigenvalue weighted by molar-refractivity contribution is 6.32. The lowest BCUT2D eigenvalue weighted by Crippen LogP contribution is -2.13. The Kier molecular flexibility index (Phi) is 4.10. The fraction of sp³-hybridized carbons (Fsp3) is 0.118. The molecule has 0 spiro atoms. The lowest BCUT2D eigenvalue weighted by atomic mass is 10.0. The van der Waals surface area contributed by atoms with Crippen LogP contribution >= 0.6 is 11.6 Å². The van der Waals surface area contributed by atoms with Gasteiger partial charge in [0, 0.05) is 24.2 Å². The summed E-state index contributed by atoms with van der Waals surface area (Å²) in [6, 6.07) is 7.50. The van der Waals surface area contributed by atoms with Crippen LogP contribution in [0.5, 0.6) is 0 Å². The van der Waals surface area contributed by atoms with E-state index in [0.717, 1.165) is 22.6 Å². The van der Waals surface area contributed by atoms with E-state index in [1.54, 1.807) is 23.1 Å². The molecule has 0 aliphatic carbocycles. The maximum atomic E-state index is 5.98. The summed E-state index contributed by atoms with van der Waals surface area (Å²) in [5.74, 6) is 0.465. The van der Waals surface area contributed by atoms with Crippen LogP contribution < -0.4 is 11.1 Å². The number of hydrogen-bond acceptors (Lipinski definition) is 7. The van der Waals surface area contributed by atoms with Gasteiger partial charge >= 0.3 is 0 Å². The van der Waals surface area contributed by atoms with Gasteiger partial charge in [-0.15, -0.1) is 0 Å². The number of hydrogen-bond donors (Lipinski definition) is 2.